The van der Waals surface area contributed by atoms with Crippen LogP contribution in [-0.4, -0.2) is 36.6 Å². The van der Waals surface area contributed by atoms with Gasteiger partial charge >= 0.3 is 0 Å². The molecular weight excluding hydrogens is 232 g/mol. The van der Waals surface area contributed by atoms with E-state index in [0.29, 0.717) is 6.04 Å². The van der Waals surface area contributed by atoms with E-state index in [-0.39, 0.29) is 0 Å². The highest BCUT2D eigenvalue weighted by Gasteiger charge is 2.32. The molecule has 1 aromatic carbocycles. The molecule has 2 aliphatic rings. The van der Waals surface area contributed by atoms with Gasteiger partial charge in [-0.1, -0.05) is 37.6 Å². The van der Waals surface area contributed by atoms with Crippen LogP contribution in [0.25, 0.3) is 0 Å². The fourth-order valence-corrected chi connectivity index (χ4v) is 3.68. The van der Waals surface area contributed by atoms with E-state index in [1.165, 1.54) is 38.9 Å². The summed E-state index contributed by atoms with van der Waals surface area (Å²) in [4.78, 5) is 2.74. The summed E-state index contributed by atoms with van der Waals surface area (Å²) in [5.41, 5.74) is 3.17. The Morgan fingerprint density at radius 3 is 2.95 bits per heavy atom. The number of benzene rings is 1. The van der Waals surface area contributed by atoms with Crippen LogP contribution in [-0.2, 0) is 6.42 Å². The number of nitrogens with one attached hydrogen (secondary N) is 1. The quantitative estimate of drug-likeness (QED) is 0.893. The summed E-state index contributed by atoms with van der Waals surface area (Å²) in [6.45, 7) is 8.25. The van der Waals surface area contributed by atoms with Crippen molar-refractivity contribution in [2.75, 3.05) is 19.6 Å². The van der Waals surface area contributed by atoms with Gasteiger partial charge < -0.3 is 5.32 Å². The molecule has 0 saturated carbocycles. The number of rotatable bonds is 4. The molecule has 1 aliphatic carbocycles. The van der Waals surface area contributed by atoms with Crippen LogP contribution in [0, 0.1) is 0 Å². The van der Waals surface area contributed by atoms with Gasteiger partial charge in [0.25, 0.3) is 0 Å². The van der Waals surface area contributed by atoms with Crippen LogP contribution < -0.4 is 5.32 Å². The van der Waals surface area contributed by atoms with Crippen molar-refractivity contribution in [1.29, 1.82) is 0 Å². The smallest absolute Gasteiger partial charge is 0.0221 e. The first-order chi connectivity index (χ1) is 9.28. The van der Waals surface area contributed by atoms with Gasteiger partial charge in [-0.15, -0.1) is 0 Å². The van der Waals surface area contributed by atoms with Gasteiger partial charge in [-0.25, -0.2) is 0 Å². The second kappa shape index (κ2) is 5.64. The van der Waals surface area contributed by atoms with E-state index in [1.54, 1.807) is 11.1 Å². The lowest BCUT2D eigenvalue weighted by Crippen LogP contribution is -2.56. The first kappa shape index (κ1) is 13.1. The van der Waals surface area contributed by atoms with Gasteiger partial charge in [-0.3, -0.25) is 4.90 Å². The van der Waals surface area contributed by atoms with Crippen LogP contribution in [0.15, 0.2) is 24.3 Å². The van der Waals surface area contributed by atoms with Crippen LogP contribution in [0.4, 0.5) is 0 Å². The second-order valence-electron chi connectivity index (χ2n) is 6.31. The maximum Gasteiger partial charge on any atom is 0.0221 e. The number of hydrogen-bond donors (Lipinski definition) is 1. The number of fused-ring (bicyclic) bond motifs is 1. The molecule has 1 aromatic rings. The van der Waals surface area contributed by atoms with Crippen LogP contribution in [0.1, 0.15) is 43.7 Å². The average molecular weight is 258 g/mol. The third-order valence-corrected chi connectivity index (χ3v) is 4.76. The molecule has 1 heterocycles. The molecule has 1 saturated heterocycles. The van der Waals surface area contributed by atoms with Crippen LogP contribution in [0.3, 0.4) is 0 Å². The van der Waals surface area contributed by atoms with Crippen molar-refractivity contribution in [2.45, 2.75) is 51.1 Å². The maximum absolute atomic E-state index is 3.63. The number of hydrogen-bond acceptors (Lipinski definition) is 2. The van der Waals surface area contributed by atoms with E-state index >= 15 is 0 Å². The molecule has 3 unspecified atom stereocenters. The molecule has 0 radical (unpaired) electrons. The molecule has 3 atom stereocenters. The molecule has 1 aliphatic heterocycles. The second-order valence-corrected chi connectivity index (χ2v) is 6.31. The van der Waals surface area contributed by atoms with Gasteiger partial charge in [-0.05, 0) is 30.9 Å². The van der Waals surface area contributed by atoms with Crippen molar-refractivity contribution in [3.05, 3.63) is 35.4 Å². The highest BCUT2D eigenvalue weighted by atomic mass is 15.2. The fourth-order valence-electron chi connectivity index (χ4n) is 3.68. The predicted octanol–water partition coefficient (Wildman–Crippen LogP) is 2.79. The van der Waals surface area contributed by atoms with Crippen molar-refractivity contribution in [3.8, 4) is 0 Å². The molecular formula is C17H26N2. The van der Waals surface area contributed by atoms with E-state index in [4.69, 9.17) is 0 Å². The fraction of sp³-hybridized carbons (Fsp3) is 0.647. The van der Waals surface area contributed by atoms with Crippen LogP contribution in [0.5, 0.6) is 0 Å². The highest BCUT2D eigenvalue weighted by molar-refractivity contribution is 5.40. The Labute approximate surface area is 117 Å². The lowest BCUT2D eigenvalue weighted by Gasteiger charge is -2.43. The topological polar surface area (TPSA) is 15.3 Å². The summed E-state index contributed by atoms with van der Waals surface area (Å²) in [6, 6.07) is 10.4. The van der Waals surface area contributed by atoms with E-state index in [1.807, 2.05) is 0 Å². The number of piperazine rings is 1. The largest absolute Gasteiger partial charge is 0.311 e. The third kappa shape index (κ3) is 2.70. The molecule has 0 spiro atoms. The summed E-state index contributed by atoms with van der Waals surface area (Å²) in [6.07, 6.45) is 3.90. The summed E-state index contributed by atoms with van der Waals surface area (Å²) in [5.74, 6) is 0.779. The van der Waals surface area contributed by atoms with E-state index in [2.05, 4.69) is 48.3 Å². The Morgan fingerprint density at radius 2 is 2.16 bits per heavy atom. The van der Waals surface area contributed by atoms with Crippen molar-refractivity contribution in [1.82, 2.24) is 10.2 Å². The zero-order valence-electron chi connectivity index (χ0n) is 12.2. The normalized spacial score (nSPS) is 30.7. The molecule has 1 N–H and O–H groups in total. The van der Waals surface area contributed by atoms with Crippen molar-refractivity contribution >= 4 is 0 Å². The Kier molecular flexibility index (Phi) is 3.90. The van der Waals surface area contributed by atoms with Gasteiger partial charge in [0.15, 0.2) is 0 Å². The van der Waals surface area contributed by atoms with Crippen molar-refractivity contribution < 1.29 is 0 Å². The Hall–Kier alpha value is -0.860. The Bertz CT molecular complexity index is 429. The molecule has 0 bridgehead atoms. The summed E-state index contributed by atoms with van der Waals surface area (Å²) >= 11 is 0. The minimum atomic E-state index is 0.642. The first-order valence-corrected chi connectivity index (χ1v) is 7.83. The van der Waals surface area contributed by atoms with Gasteiger partial charge in [0.05, 0.1) is 0 Å². The minimum Gasteiger partial charge on any atom is -0.311 e. The zero-order valence-corrected chi connectivity index (χ0v) is 12.2. The molecule has 1 fully saturated rings. The summed E-state index contributed by atoms with van der Waals surface area (Å²) in [5, 5.41) is 3.63. The lowest BCUT2D eigenvalue weighted by molar-refractivity contribution is 0.116. The van der Waals surface area contributed by atoms with E-state index in [0.717, 1.165) is 12.0 Å². The molecule has 0 amide bonds. The van der Waals surface area contributed by atoms with Gasteiger partial charge in [0, 0.05) is 37.6 Å². The maximum atomic E-state index is 3.63. The van der Waals surface area contributed by atoms with E-state index in [9.17, 15) is 0 Å². The van der Waals surface area contributed by atoms with Crippen LogP contribution in [0.2, 0.25) is 0 Å². The molecule has 0 aromatic heterocycles. The average Bonchev–Trinajstić information content (AvgIpc) is 2.39. The van der Waals surface area contributed by atoms with Gasteiger partial charge in [-0.2, -0.15) is 0 Å². The third-order valence-electron chi connectivity index (χ3n) is 4.76. The molecule has 3 rings (SSSR count). The monoisotopic (exact) mass is 258 g/mol. The SMILES string of the molecule is CCCC1CNC(C)CN1CC1Cc2ccccc21. The van der Waals surface area contributed by atoms with Crippen molar-refractivity contribution in [3.63, 3.8) is 0 Å². The van der Waals surface area contributed by atoms with Gasteiger partial charge in [0.1, 0.15) is 0 Å². The standard InChI is InChI=1S/C17H26N2/c1-3-6-16-10-18-13(2)11-19(16)12-15-9-14-7-4-5-8-17(14)15/h4-5,7-8,13,15-16,18H,3,6,9-12H2,1-2H3. The van der Waals surface area contributed by atoms with Crippen LogP contribution >= 0.6 is 0 Å². The predicted molar refractivity (Wildman–Crippen MR) is 80.6 cm³/mol. The Balaban J connectivity index is 1.65. The Morgan fingerprint density at radius 1 is 1.32 bits per heavy atom. The van der Waals surface area contributed by atoms with Gasteiger partial charge in [0.2, 0.25) is 0 Å². The number of nitrogens with zero attached hydrogens (tertiary/aromatic N) is 1. The van der Waals surface area contributed by atoms with Crippen molar-refractivity contribution in [2.24, 2.45) is 0 Å². The first-order valence-electron chi connectivity index (χ1n) is 7.83. The minimum absolute atomic E-state index is 0.642. The highest BCUT2D eigenvalue weighted by Crippen LogP contribution is 2.36. The molecule has 2 nitrogen and oxygen atoms in total. The summed E-state index contributed by atoms with van der Waals surface area (Å²) in [7, 11) is 0. The lowest BCUT2D eigenvalue weighted by atomic mass is 9.77. The molecule has 2 heteroatoms. The molecule has 104 valence electrons. The van der Waals surface area contributed by atoms with E-state index < -0.39 is 0 Å². The molecule has 19 heavy (non-hydrogen) atoms. The summed E-state index contributed by atoms with van der Waals surface area (Å²) < 4.78 is 0. The zero-order chi connectivity index (χ0) is 13.2.